The maximum absolute atomic E-state index is 13.6. The van der Waals surface area contributed by atoms with Gasteiger partial charge in [0.25, 0.3) is 5.91 Å². The average molecular weight is 461 g/mol. The molecule has 0 aliphatic heterocycles. The van der Waals surface area contributed by atoms with E-state index in [4.69, 9.17) is 4.74 Å². The van der Waals surface area contributed by atoms with E-state index in [1.807, 2.05) is 60.7 Å². The minimum Gasteiger partial charge on any atom is -0.426 e. The number of nitrogens with zero attached hydrogens (tertiary/aromatic N) is 2. The first-order chi connectivity index (χ1) is 14.5. The van der Waals surface area contributed by atoms with Gasteiger partial charge >= 0.3 is 5.97 Å². The van der Waals surface area contributed by atoms with Crippen LogP contribution in [0.2, 0.25) is 0 Å². The second kappa shape index (κ2) is 8.47. The summed E-state index contributed by atoms with van der Waals surface area (Å²) >= 11 is 3.39. The number of aromatic nitrogens is 2. The van der Waals surface area contributed by atoms with E-state index in [1.54, 1.807) is 18.2 Å². The molecule has 0 bridgehead atoms. The maximum Gasteiger partial charge on any atom is 0.308 e. The molecule has 4 aromatic rings. The fraction of sp³-hybridized carbons (Fsp3) is 0.0417. The fourth-order valence-electron chi connectivity index (χ4n) is 3.22. The number of hydrogen-bond acceptors (Lipinski definition) is 4. The molecule has 3 aromatic carbocycles. The second-order valence-corrected chi connectivity index (χ2v) is 7.50. The third kappa shape index (κ3) is 3.95. The summed E-state index contributed by atoms with van der Waals surface area (Å²) in [5, 5.41) is 0. The van der Waals surface area contributed by atoms with Gasteiger partial charge in [-0.25, -0.2) is 4.98 Å². The van der Waals surface area contributed by atoms with Crippen molar-refractivity contribution in [3.63, 3.8) is 0 Å². The summed E-state index contributed by atoms with van der Waals surface area (Å²) < 4.78 is 7.46. The highest BCUT2D eigenvalue weighted by Gasteiger charge is 2.23. The molecule has 0 saturated heterocycles. The molecule has 0 amide bonds. The van der Waals surface area contributed by atoms with Gasteiger partial charge in [-0.2, -0.15) is 0 Å². The molecular weight excluding hydrogens is 444 g/mol. The molecule has 30 heavy (non-hydrogen) atoms. The number of ether oxygens (including phenoxy) is 1. The van der Waals surface area contributed by atoms with Crippen molar-refractivity contribution < 1.29 is 14.3 Å². The zero-order valence-corrected chi connectivity index (χ0v) is 17.7. The summed E-state index contributed by atoms with van der Waals surface area (Å²) in [4.78, 5) is 29.6. The zero-order chi connectivity index (χ0) is 21.1. The quantitative estimate of drug-likeness (QED) is 0.294. The van der Waals surface area contributed by atoms with E-state index in [1.165, 1.54) is 17.8 Å². The van der Waals surface area contributed by atoms with Crippen molar-refractivity contribution >= 4 is 27.8 Å². The van der Waals surface area contributed by atoms with E-state index in [-0.39, 0.29) is 17.2 Å². The molecule has 5 nitrogen and oxygen atoms in total. The molecule has 0 spiro atoms. The molecule has 0 radical (unpaired) electrons. The number of rotatable bonds is 4. The lowest BCUT2D eigenvalue weighted by molar-refractivity contribution is -0.131. The Balaban J connectivity index is 1.90. The van der Waals surface area contributed by atoms with Gasteiger partial charge in [0.1, 0.15) is 12.1 Å². The lowest BCUT2D eigenvalue weighted by atomic mass is 10.0. The zero-order valence-electron chi connectivity index (χ0n) is 16.1. The molecule has 0 fully saturated rings. The standard InChI is InChI=1S/C24H17BrN2O3/c1-16(28)30-21-13-12-19(25)14-20(21)24(29)27-15-26-22(17-8-4-2-5-9-17)23(27)18-10-6-3-7-11-18/h2-15H,1H3. The maximum atomic E-state index is 13.6. The Labute approximate surface area is 182 Å². The van der Waals surface area contributed by atoms with Crippen LogP contribution >= 0.6 is 15.9 Å². The summed E-state index contributed by atoms with van der Waals surface area (Å²) in [6.07, 6.45) is 1.51. The summed E-state index contributed by atoms with van der Waals surface area (Å²) in [5.74, 6) is -0.643. The topological polar surface area (TPSA) is 61.2 Å². The Morgan fingerprint density at radius 3 is 2.17 bits per heavy atom. The molecule has 6 heteroatoms. The Bertz CT molecular complexity index is 1220. The van der Waals surface area contributed by atoms with Crippen LogP contribution in [0.25, 0.3) is 22.5 Å². The second-order valence-electron chi connectivity index (χ2n) is 6.58. The largest absolute Gasteiger partial charge is 0.426 e. The molecule has 0 aliphatic rings. The number of imidazole rings is 1. The molecule has 148 valence electrons. The van der Waals surface area contributed by atoms with E-state index >= 15 is 0 Å². The van der Waals surface area contributed by atoms with Gasteiger partial charge in [0.15, 0.2) is 0 Å². The molecule has 0 N–H and O–H groups in total. The highest BCUT2D eigenvalue weighted by molar-refractivity contribution is 9.10. The van der Waals surface area contributed by atoms with Crippen LogP contribution in [0.5, 0.6) is 5.75 Å². The first-order valence-corrected chi connectivity index (χ1v) is 10.0. The van der Waals surface area contributed by atoms with Crippen LogP contribution in [0, 0.1) is 0 Å². The van der Waals surface area contributed by atoms with Gasteiger partial charge in [0.2, 0.25) is 0 Å². The van der Waals surface area contributed by atoms with Gasteiger partial charge in [0.05, 0.1) is 17.0 Å². The first-order valence-electron chi connectivity index (χ1n) is 9.25. The average Bonchev–Trinajstić information content (AvgIpc) is 3.20. The molecule has 4 rings (SSSR count). The van der Waals surface area contributed by atoms with Crippen molar-refractivity contribution in [2.45, 2.75) is 6.92 Å². The number of carbonyl (C=O) groups excluding carboxylic acids is 2. The number of halogens is 1. The van der Waals surface area contributed by atoms with E-state index < -0.39 is 5.97 Å². The van der Waals surface area contributed by atoms with Crippen molar-refractivity contribution in [1.29, 1.82) is 0 Å². The summed E-state index contributed by atoms with van der Waals surface area (Å²) in [6.45, 7) is 1.30. The molecule has 0 saturated carbocycles. The molecular formula is C24H17BrN2O3. The van der Waals surface area contributed by atoms with Crippen LogP contribution in [-0.2, 0) is 4.79 Å². The lowest BCUT2D eigenvalue weighted by Crippen LogP contribution is -2.15. The Morgan fingerprint density at radius 2 is 1.53 bits per heavy atom. The van der Waals surface area contributed by atoms with Gasteiger partial charge in [-0.05, 0) is 18.2 Å². The van der Waals surface area contributed by atoms with Crippen LogP contribution in [0.1, 0.15) is 17.3 Å². The molecule has 0 unspecified atom stereocenters. The van der Waals surface area contributed by atoms with Crippen molar-refractivity contribution in [2.24, 2.45) is 0 Å². The van der Waals surface area contributed by atoms with Crippen molar-refractivity contribution in [3.05, 3.63) is 95.2 Å². The minimum absolute atomic E-state index is 0.199. The van der Waals surface area contributed by atoms with E-state index in [0.717, 1.165) is 11.1 Å². The monoisotopic (exact) mass is 460 g/mol. The third-order valence-corrected chi connectivity index (χ3v) is 5.00. The molecule has 1 aromatic heterocycles. The van der Waals surface area contributed by atoms with Crippen molar-refractivity contribution in [2.75, 3.05) is 0 Å². The predicted molar refractivity (Wildman–Crippen MR) is 118 cm³/mol. The van der Waals surface area contributed by atoms with E-state index in [0.29, 0.717) is 15.9 Å². The third-order valence-electron chi connectivity index (χ3n) is 4.51. The summed E-state index contributed by atoms with van der Waals surface area (Å²) in [5.41, 5.74) is 3.37. The van der Waals surface area contributed by atoms with Crippen LogP contribution in [0.4, 0.5) is 0 Å². The molecule has 1 heterocycles. The van der Waals surface area contributed by atoms with E-state index in [2.05, 4.69) is 20.9 Å². The number of hydrogen-bond donors (Lipinski definition) is 0. The molecule has 0 aliphatic carbocycles. The van der Waals surface area contributed by atoms with Crippen molar-refractivity contribution in [3.8, 4) is 28.3 Å². The van der Waals surface area contributed by atoms with E-state index in [9.17, 15) is 9.59 Å². The van der Waals surface area contributed by atoms with Crippen LogP contribution in [0.3, 0.4) is 0 Å². The van der Waals surface area contributed by atoms with Crippen LogP contribution in [0.15, 0.2) is 89.7 Å². The highest BCUT2D eigenvalue weighted by atomic mass is 79.9. The first kappa shape index (κ1) is 19.8. The SMILES string of the molecule is CC(=O)Oc1ccc(Br)cc1C(=O)n1cnc(-c2ccccc2)c1-c1ccccc1. The van der Waals surface area contributed by atoms with Crippen LogP contribution in [-0.4, -0.2) is 21.4 Å². The predicted octanol–water partition coefficient (Wildman–Crippen LogP) is 5.59. The number of esters is 1. The van der Waals surface area contributed by atoms with Crippen LogP contribution < -0.4 is 4.74 Å². The van der Waals surface area contributed by atoms with Gasteiger partial charge in [-0.15, -0.1) is 0 Å². The lowest BCUT2D eigenvalue weighted by Gasteiger charge is -2.12. The molecule has 0 atom stereocenters. The normalized spacial score (nSPS) is 10.6. The van der Waals surface area contributed by atoms with Gasteiger partial charge in [-0.3, -0.25) is 14.2 Å². The minimum atomic E-state index is -0.495. The highest BCUT2D eigenvalue weighted by Crippen LogP contribution is 2.33. The van der Waals surface area contributed by atoms with Gasteiger partial charge < -0.3 is 4.74 Å². The van der Waals surface area contributed by atoms with Crippen molar-refractivity contribution in [1.82, 2.24) is 9.55 Å². The Hall–Kier alpha value is -3.51. The number of benzene rings is 3. The Morgan fingerprint density at radius 1 is 0.900 bits per heavy atom. The fourth-order valence-corrected chi connectivity index (χ4v) is 3.59. The van der Waals surface area contributed by atoms with Gasteiger partial charge in [0, 0.05) is 22.5 Å². The Kier molecular flexibility index (Phi) is 5.59. The summed E-state index contributed by atoms with van der Waals surface area (Å²) in [6, 6.07) is 24.2. The summed E-state index contributed by atoms with van der Waals surface area (Å²) in [7, 11) is 0. The smallest absolute Gasteiger partial charge is 0.308 e. The van der Waals surface area contributed by atoms with Gasteiger partial charge in [-0.1, -0.05) is 76.6 Å². The number of carbonyl (C=O) groups is 2.